The number of carbonyl (C=O) groups is 1. The third kappa shape index (κ3) is 4.87. The molecule has 0 fully saturated rings. The normalized spacial score (nSPS) is 10.5. The van der Waals surface area contributed by atoms with Crippen molar-refractivity contribution in [2.45, 2.75) is 31.3 Å². The van der Waals surface area contributed by atoms with Gasteiger partial charge in [0.15, 0.2) is 11.0 Å². The summed E-state index contributed by atoms with van der Waals surface area (Å²) in [5.74, 6) is 1.20. The van der Waals surface area contributed by atoms with Crippen molar-refractivity contribution in [1.82, 2.24) is 19.7 Å². The van der Waals surface area contributed by atoms with E-state index in [4.69, 9.17) is 11.6 Å². The number of halogens is 1. The molecular formula is C12H19ClN4OS. The van der Waals surface area contributed by atoms with Gasteiger partial charge in [-0.3, -0.25) is 0 Å². The Morgan fingerprint density at radius 3 is 2.74 bits per heavy atom. The summed E-state index contributed by atoms with van der Waals surface area (Å²) in [6, 6.07) is -0.210. The minimum Gasteiger partial charge on any atom is -0.329 e. The molecule has 0 atom stereocenters. The summed E-state index contributed by atoms with van der Waals surface area (Å²) in [7, 11) is 3.37. The molecule has 0 saturated heterocycles. The molecule has 1 rings (SSSR count). The highest BCUT2D eigenvalue weighted by Crippen LogP contribution is 2.20. The van der Waals surface area contributed by atoms with Gasteiger partial charge >= 0.3 is 6.03 Å². The molecule has 0 aliphatic rings. The van der Waals surface area contributed by atoms with Crippen LogP contribution in [0.1, 0.15) is 25.6 Å². The molecule has 0 aliphatic heterocycles. The van der Waals surface area contributed by atoms with Gasteiger partial charge in [0.1, 0.15) is 0 Å². The number of rotatable bonds is 6. The fourth-order valence-electron chi connectivity index (χ4n) is 1.33. The van der Waals surface area contributed by atoms with E-state index in [0.29, 0.717) is 21.8 Å². The lowest BCUT2D eigenvalue weighted by Crippen LogP contribution is -2.28. The van der Waals surface area contributed by atoms with Gasteiger partial charge in [0.25, 0.3) is 0 Å². The molecule has 1 aromatic rings. The zero-order chi connectivity index (χ0) is 14.4. The number of aromatic nitrogens is 3. The number of unbranched alkanes of at least 4 members (excludes halogenated alkanes) is 1. The number of aryl methyl sites for hydroxylation is 1. The first-order valence-electron chi connectivity index (χ1n) is 6.09. The standard InChI is InChI=1S/C12H19ClN4OS/c1-5-6-7-10-14-11(19-8-9(2)13)17(15-10)12(18)16(3)4/h2,5-8H2,1,3-4H3. The van der Waals surface area contributed by atoms with E-state index in [1.165, 1.54) is 21.3 Å². The summed E-state index contributed by atoms with van der Waals surface area (Å²) in [6.45, 7) is 5.73. The number of carbonyl (C=O) groups excluding carboxylic acids is 1. The zero-order valence-corrected chi connectivity index (χ0v) is 13.1. The molecule has 0 saturated carbocycles. The molecule has 1 aromatic heterocycles. The largest absolute Gasteiger partial charge is 0.346 e. The van der Waals surface area contributed by atoms with E-state index in [2.05, 4.69) is 23.6 Å². The lowest BCUT2D eigenvalue weighted by Gasteiger charge is -2.10. The maximum atomic E-state index is 12.0. The van der Waals surface area contributed by atoms with Gasteiger partial charge < -0.3 is 4.90 Å². The molecule has 0 aromatic carbocycles. The van der Waals surface area contributed by atoms with E-state index < -0.39 is 0 Å². The minimum absolute atomic E-state index is 0.210. The average Bonchev–Trinajstić information content (AvgIpc) is 2.75. The van der Waals surface area contributed by atoms with E-state index in [1.807, 2.05) is 0 Å². The van der Waals surface area contributed by atoms with Gasteiger partial charge in [-0.05, 0) is 6.42 Å². The summed E-state index contributed by atoms with van der Waals surface area (Å²) >= 11 is 7.11. The van der Waals surface area contributed by atoms with Crippen molar-refractivity contribution in [3.63, 3.8) is 0 Å². The molecule has 7 heteroatoms. The summed E-state index contributed by atoms with van der Waals surface area (Å²) in [5, 5.41) is 5.35. The highest BCUT2D eigenvalue weighted by atomic mass is 35.5. The Bertz CT molecular complexity index is 459. The van der Waals surface area contributed by atoms with Crippen LogP contribution in [0.25, 0.3) is 0 Å². The zero-order valence-electron chi connectivity index (χ0n) is 11.5. The van der Waals surface area contributed by atoms with E-state index >= 15 is 0 Å². The fraction of sp³-hybridized carbons (Fsp3) is 0.583. The number of nitrogens with zero attached hydrogens (tertiary/aromatic N) is 4. The summed E-state index contributed by atoms with van der Waals surface area (Å²) in [5.41, 5.74) is 0. The molecule has 0 unspecified atom stereocenters. The van der Waals surface area contributed by atoms with Crippen molar-refractivity contribution in [3.8, 4) is 0 Å². The molecule has 0 spiro atoms. The number of hydrogen-bond donors (Lipinski definition) is 0. The maximum absolute atomic E-state index is 12.0. The fourth-order valence-corrected chi connectivity index (χ4v) is 2.19. The average molecular weight is 303 g/mol. The summed E-state index contributed by atoms with van der Waals surface area (Å²) in [4.78, 5) is 17.9. The summed E-state index contributed by atoms with van der Waals surface area (Å²) in [6.07, 6.45) is 2.85. The van der Waals surface area contributed by atoms with Crippen LogP contribution in [0.3, 0.4) is 0 Å². The van der Waals surface area contributed by atoms with Crippen LogP contribution in [0.4, 0.5) is 4.79 Å². The van der Waals surface area contributed by atoms with E-state index in [1.54, 1.807) is 14.1 Å². The minimum atomic E-state index is -0.210. The van der Waals surface area contributed by atoms with Crippen LogP contribution in [0, 0.1) is 0 Å². The van der Waals surface area contributed by atoms with Crippen LogP contribution in [0.2, 0.25) is 0 Å². The Hall–Kier alpha value is -1.01. The number of amides is 1. The highest BCUT2D eigenvalue weighted by Gasteiger charge is 2.17. The van der Waals surface area contributed by atoms with Crippen molar-refractivity contribution in [2.24, 2.45) is 0 Å². The van der Waals surface area contributed by atoms with Crippen molar-refractivity contribution >= 4 is 29.4 Å². The van der Waals surface area contributed by atoms with Gasteiger partial charge in [-0.25, -0.2) is 9.78 Å². The van der Waals surface area contributed by atoms with Gasteiger partial charge in [0.05, 0.1) is 0 Å². The first-order chi connectivity index (χ1) is 8.95. The van der Waals surface area contributed by atoms with E-state index in [9.17, 15) is 4.79 Å². The molecule has 0 N–H and O–H groups in total. The predicted molar refractivity (Wildman–Crippen MR) is 78.8 cm³/mol. The third-order valence-electron chi connectivity index (χ3n) is 2.30. The lowest BCUT2D eigenvalue weighted by atomic mass is 10.2. The molecule has 19 heavy (non-hydrogen) atoms. The van der Waals surface area contributed by atoms with Crippen molar-refractivity contribution in [1.29, 1.82) is 0 Å². The Labute approximate surface area is 123 Å². The first-order valence-corrected chi connectivity index (χ1v) is 7.45. The van der Waals surface area contributed by atoms with Gasteiger partial charge in [-0.15, -0.1) is 5.10 Å². The van der Waals surface area contributed by atoms with Crippen molar-refractivity contribution in [2.75, 3.05) is 19.8 Å². The van der Waals surface area contributed by atoms with Crippen LogP contribution in [-0.4, -0.2) is 45.5 Å². The highest BCUT2D eigenvalue weighted by molar-refractivity contribution is 7.99. The van der Waals surface area contributed by atoms with Crippen LogP contribution in [0.5, 0.6) is 0 Å². The third-order valence-corrected chi connectivity index (χ3v) is 3.60. The molecular weight excluding hydrogens is 284 g/mol. The van der Waals surface area contributed by atoms with Gasteiger partial charge in [0.2, 0.25) is 0 Å². The lowest BCUT2D eigenvalue weighted by molar-refractivity contribution is 0.213. The number of hydrogen-bond acceptors (Lipinski definition) is 4. The molecule has 106 valence electrons. The SMILES string of the molecule is C=C(Cl)CSc1nc(CCCC)nn1C(=O)N(C)C. The second kappa shape index (κ2) is 7.55. The smallest absolute Gasteiger partial charge is 0.329 e. The Balaban J connectivity index is 2.93. The van der Waals surface area contributed by atoms with Gasteiger partial charge in [-0.1, -0.05) is 43.3 Å². The Morgan fingerprint density at radius 1 is 1.53 bits per heavy atom. The van der Waals surface area contributed by atoms with Gasteiger partial charge in [0, 0.05) is 31.3 Å². The predicted octanol–water partition coefficient (Wildman–Crippen LogP) is 3.00. The first kappa shape index (κ1) is 16.0. The Morgan fingerprint density at radius 2 is 2.21 bits per heavy atom. The number of thioether (sulfide) groups is 1. The van der Waals surface area contributed by atoms with E-state index in [0.717, 1.165) is 19.3 Å². The van der Waals surface area contributed by atoms with Crippen LogP contribution in [-0.2, 0) is 6.42 Å². The summed E-state index contributed by atoms with van der Waals surface area (Å²) < 4.78 is 1.33. The topological polar surface area (TPSA) is 51.0 Å². The van der Waals surface area contributed by atoms with Crippen molar-refractivity contribution in [3.05, 3.63) is 17.4 Å². The van der Waals surface area contributed by atoms with Gasteiger partial charge in [-0.2, -0.15) is 4.68 Å². The molecule has 1 amide bonds. The maximum Gasteiger partial charge on any atom is 0.346 e. The van der Waals surface area contributed by atoms with Crippen LogP contribution in [0.15, 0.2) is 16.8 Å². The van der Waals surface area contributed by atoms with Crippen LogP contribution < -0.4 is 0 Å². The molecule has 1 heterocycles. The second-order valence-electron chi connectivity index (χ2n) is 4.31. The van der Waals surface area contributed by atoms with Crippen LogP contribution >= 0.6 is 23.4 Å². The second-order valence-corrected chi connectivity index (χ2v) is 5.79. The van der Waals surface area contributed by atoms with Crippen molar-refractivity contribution < 1.29 is 4.79 Å². The molecule has 0 bridgehead atoms. The molecule has 5 nitrogen and oxygen atoms in total. The Kier molecular flexibility index (Phi) is 6.37. The van der Waals surface area contributed by atoms with E-state index in [-0.39, 0.29) is 6.03 Å². The quantitative estimate of drug-likeness (QED) is 0.758. The monoisotopic (exact) mass is 302 g/mol. The molecule has 0 aliphatic carbocycles. The molecule has 0 radical (unpaired) electrons.